The number of carbonyl (C=O) groups is 1. The Kier molecular flexibility index (Phi) is 7.22. The minimum absolute atomic E-state index is 0.0341. The molecule has 140 valence electrons. The van der Waals surface area contributed by atoms with Crippen molar-refractivity contribution in [2.24, 2.45) is 0 Å². The lowest BCUT2D eigenvalue weighted by molar-refractivity contribution is -0.384. The molecule has 1 amide bonds. The molecule has 0 aliphatic rings. The first-order valence-corrected chi connectivity index (χ1v) is 10.0. The third-order valence-electron chi connectivity index (χ3n) is 3.93. The number of thioether (sulfide) groups is 1. The quantitative estimate of drug-likeness (QED) is 0.364. The maximum atomic E-state index is 12.3. The number of hydrogen-bond acceptors (Lipinski definition) is 5. The number of non-ortho nitro benzene ring substituents is 1. The van der Waals surface area contributed by atoms with E-state index in [2.05, 4.69) is 37.7 Å². The van der Waals surface area contributed by atoms with Crippen LogP contribution in [0.4, 0.5) is 11.4 Å². The number of rotatable bonds is 8. The molecule has 0 saturated carbocycles. The Morgan fingerprint density at radius 3 is 2.77 bits per heavy atom. The van der Waals surface area contributed by atoms with E-state index in [1.807, 2.05) is 13.8 Å². The number of unbranched alkanes of at least 4 members (excludes halogenated alkanes) is 1. The number of aromatic nitrogens is 2. The third kappa shape index (κ3) is 5.07. The molecule has 0 fully saturated rings. The fourth-order valence-corrected chi connectivity index (χ4v) is 3.73. The Labute approximate surface area is 164 Å². The summed E-state index contributed by atoms with van der Waals surface area (Å²) in [4.78, 5) is 27.1. The van der Waals surface area contributed by atoms with E-state index in [1.165, 1.54) is 30.0 Å². The number of benzene rings is 1. The maximum absolute atomic E-state index is 12.3. The van der Waals surface area contributed by atoms with Crippen LogP contribution in [0.15, 0.2) is 27.8 Å². The zero-order valence-corrected chi connectivity index (χ0v) is 17.3. The summed E-state index contributed by atoms with van der Waals surface area (Å²) in [5.41, 5.74) is 2.57. The average Bonchev–Trinajstić information content (AvgIpc) is 2.87. The number of aryl methyl sites for hydroxylation is 1. The van der Waals surface area contributed by atoms with Gasteiger partial charge in [-0.2, -0.15) is 0 Å². The van der Waals surface area contributed by atoms with Crippen molar-refractivity contribution < 1.29 is 9.72 Å². The number of amides is 1. The highest BCUT2D eigenvalue weighted by atomic mass is 79.9. The second kappa shape index (κ2) is 9.18. The number of carbonyl (C=O) groups excluding carboxylic acids is 1. The van der Waals surface area contributed by atoms with Crippen LogP contribution in [0, 0.1) is 24.0 Å². The van der Waals surface area contributed by atoms with Crippen molar-refractivity contribution in [2.75, 3.05) is 11.1 Å². The molecule has 1 aromatic carbocycles. The minimum Gasteiger partial charge on any atom is -0.324 e. The van der Waals surface area contributed by atoms with Gasteiger partial charge < -0.3 is 9.88 Å². The second-order valence-electron chi connectivity index (χ2n) is 5.83. The van der Waals surface area contributed by atoms with Gasteiger partial charge in [0, 0.05) is 28.8 Å². The van der Waals surface area contributed by atoms with Crippen LogP contribution < -0.4 is 5.32 Å². The highest BCUT2D eigenvalue weighted by molar-refractivity contribution is 9.10. The number of nitro benzene ring substituents is 1. The van der Waals surface area contributed by atoms with Gasteiger partial charge in [0.2, 0.25) is 5.91 Å². The highest BCUT2D eigenvalue weighted by Crippen LogP contribution is 2.28. The molecule has 0 atom stereocenters. The van der Waals surface area contributed by atoms with Crippen LogP contribution >= 0.6 is 27.7 Å². The molecule has 0 saturated heterocycles. The molecular weight excluding hydrogens is 420 g/mol. The molecule has 1 aromatic heterocycles. The number of imidazole rings is 1. The van der Waals surface area contributed by atoms with Crippen molar-refractivity contribution >= 4 is 45.0 Å². The first kappa shape index (κ1) is 20.4. The molecule has 0 aliphatic heterocycles. The van der Waals surface area contributed by atoms with E-state index in [9.17, 15) is 14.9 Å². The molecule has 0 spiro atoms. The Balaban J connectivity index is 2.01. The monoisotopic (exact) mass is 440 g/mol. The van der Waals surface area contributed by atoms with Crippen LogP contribution in [0.1, 0.15) is 31.2 Å². The molecule has 2 rings (SSSR count). The second-order valence-corrected chi connectivity index (χ2v) is 7.63. The van der Waals surface area contributed by atoms with Gasteiger partial charge in [0.05, 0.1) is 22.1 Å². The molecule has 0 radical (unpaired) electrons. The van der Waals surface area contributed by atoms with E-state index in [0.29, 0.717) is 10.2 Å². The summed E-state index contributed by atoms with van der Waals surface area (Å²) >= 11 is 4.64. The van der Waals surface area contributed by atoms with E-state index in [1.54, 1.807) is 0 Å². The van der Waals surface area contributed by atoms with Gasteiger partial charge in [-0.1, -0.05) is 25.1 Å². The largest absolute Gasteiger partial charge is 0.324 e. The first-order chi connectivity index (χ1) is 12.3. The molecule has 26 heavy (non-hydrogen) atoms. The normalized spacial score (nSPS) is 10.8. The van der Waals surface area contributed by atoms with Gasteiger partial charge in [0.15, 0.2) is 5.16 Å². The van der Waals surface area contributed by atoms with Crippen LogP contribution in [0.2, 0.25) is 0 Å². The minimum atomic E-state index is -0.479. The molecule has 9 heteroatoms. The maximum Gasteiger partial charge on any atom is 0.270 e. The van der Waals surface area contributed by atoms with Gasteiger partial charge in [0.25, 0.3) is 5.69 Å². The molecule has 0 aliphatic carbocycles. The summed E-state index contributed by atoms with van der Waals surface area (Å²) < 4.78 is 2.62. The van der Waals surface area contributed by atoms with Crippen molar-refractivity contribution in [1.29, 1.82) is 0 Å². The molecule has 1 heterocycles. The van der Waals surface area contributed by atoms with Gasteiger partial charge in [-0.25, -0.2) is 4.98 Å². The Hall–Kier alpha value is -1.87. The number of nitro groups is 1. The lowest BCUT2D eigenvalue weighted by Crippen LogP contribution is -2.15. The number of nitrogens with one attached hydrogen (secondary N) is 1. The van der Waals surface area contributed by atoms with Crippen molar-refractivity contribution in [2.45, 2.75) is 45.3 Å². The van der Waals surface area contributed by atoms with E-state index in [-0.39, 0.29) is 17.3 Å². The van der Waals surface area contributed by atoms with E-state index >= 15 is 0 Å². The fourth-order valence-electron chi connectivity index (χ4n) is 2.35. The number of hydrogen-bond donors (Lipinski definition) is 1. The summed E-state index contributed by atoms with van der Waals surface area (Å²) in [6.07, 6.45) is 2.15. The number of nitrogens with zero attached hydrogens (tertiary/aromatic N) is 3. The van der Waals surface area contributed by atoms with Crippen LogP contribution in [0.25, 0.3) is 0 Å². The van der Waals surface area contributed by atoms with Gasteiger partial charge in [-0.15, -0.1) is 0 Å². The predicted molar refractivity (Wildman–Crippen MR) is 107 cm³/mol. The average molecular weight is 441 g/mol. The smallest absolute Gasteiger partial charge is 0.270 e. The summed E-state index contributed by atoms with van der Waals surface area (Å²) in [7, 11) is 0. The standard InChI is InChI=1S/C17H21BrN4O3S/c1-4-5-8-21-12(3)11(2)19-17(21)26-10-16(23)20-15-7-6-13(22(24)25)9-14(15)18/h6-7,9H,4-5,8,10H2,1-3H3,(H,20,23). The Morgan fingerprint density at radius 1 is 1.42 bits per heavy atom. The predicted octanol–water partition coefficient (Wildman–Crippen LogP) is 4.70. The van der Waals surface area contributed by atoms with E-state index in [0.717, 1.165) is 35.9 Å². The molecule has 0 bridgehead atoms. The highest BCUT2D eigenvalue weighted by Gasteiger charge is 2.15. The SMILES string of the molecule is CCCCn1c(SCC(=O)Nc2ccc([N+](=O)[O-])cc2Br)nc(C)c1C. The summed E-state index contributed by atoms with van der Waals surface area (Å²) in [6, 6.07) is 4.24. The van der Waals surface area contributed by atoms with Crippen molar-refractivity contribution in [3.63, 3.8) is 0 Å². The molecule has 7 nitrogen and oxygen atoms in total. The van der Waals surface area contributed by atoms with Gasteiger partial charge in [-0.05, 0) is 42.3 Å². The third-order valence-corrected chi connectivity index (χ3v) is 5.56. The van der Waals surface area contributed by atoms with Crippen LogP contribution in [-0.4, -0.2) is 26.1 Å². The molecular formula is C17H21BrN4O3S. The summed E-state index contributed by atoms with van der Waals surface area (Å²) in [5, 5.41) is 14.4. The lowest BCUT2D eigenvalue weighted by Gasteiger charge is -2.10. The van der Waals surface area contributed by atoms with Crippen LogP contribution in [0.3, 0.4) is 0 Å². The lowest BCUT2D eigenvalue weighted by atomic mass is 10.3. The van der Waals surface area contributed by atoms with Crippen LogP contribution in [-0.2, 0) is 11.3 Å². The fraction of sp³-hybridized carbons (Fsp3) is 0.412. The van der Waals surface area contributed by atoms with Gasteiger partial charge in [0.1, 0.15) is 0 Å². The van der Waals surface area contributed by atoms with Gasteiger partial charge in [-0.3, -0.25) is 14.9 Å². The Morgan fingerprint density at radius 2 is 2.15 bits per heavy atom. The van der Waals surface area contributed by atoms with Crippen molar-refractivity contribution in [1.82, 2.24) is 9.55 Å². The summed E-state index contributed by atoms with van der Waals surface area (Å²) in [5.74, 6) is 0.0238. The van der Waals surface area contributed by atoms with Gasteiger partial charge >= 0.3 is 0 Å². The first-order valence-electron chi connectivity index (χ1n) is 8.23. The summed E-state index contributed by atoms with van der Waals surface area (Å²) in [6.45, 7) is 7.04. The zero-order valence-electron chi connectivity index (χ0n) is 14.9. The molecule has 2 aromatic rings. The zero-order chi connectivity index (χ0) is 19.3. The number of anilines is 1. The molecule has 1 N–H and O–H groups in total. The van der Waals surface area contributed by atoms with Crippen molar-refractivity contribution in [3.8, 4) is 0 Å². The Bertz CT molecular complexity index is 823. The topological polar surface area (TPSA) is 90.1 Å². The van der Waals surface area contributed by atoms with E-state index in [4.69, 9.17) is 0 Å². The van der Waals surface area contributed by atoms with Crippen molar-refractivity contribution in [3.05, 3.63) is 44.2 Å². The van der Waals surface area contributed by atoms with Crippen LogP contribution in [0.5, 0.6) is 0 Å². The molecule has 0 unspecified atom stereocenters. The van der Waals surface area contributed by atoms with E-state index < -0.39 is 4.92 Å². The number of halogens is 1.